The third kappa shape index (κ3) is 3.19. The normalized spacial score (nSPS) is 16.1. The molecule has 2 heterocycles. The number of rotatable bonds is 3. The second-order valence-corrected chi connectivity index (χ2v) is 6.50. The lowest BCUT2D eigenvalue weighted by molar-refractivity contribution is 0.547. The second-order valence-electron chi connectivity index (χ2n) is 3.65. The highest BCUT2D eigenvalue weighted by molar-refractivity contribution is 8.14. The van der Waals surface area contributed by atoms with E-state index in [1.54, 1.807) is 12.4 Å². The third-order valence-corrected chi connectivity index (χ3v) is 4.61. The van der Waals surface area contributed by atoms with Crippen LogP contribution in [0.4, 0.5) is 0 Å². The van der Waals surface area contributed by atoms with E-state index in [-0.39, 0.29) is 0 Å². The summed E-state index contributed by atoms with van der Waals surface area (Å²) in [7, 11) is -3.19. The van der Waals surface area contributed by atoms with Crippen LogP contribution < -0.4 is 0 Å². The number of aromatic nitrogens is 1. The Morgan fingerprint density at radius 3 is 3.00 bits per heavy atom. The van der Waals surface area contributed by atoms with Crippen molar-refractivity contribution in [2.24, 2.45) is 4.99 Å². The summed E-state index contributed by atoms with van der Waals surface area (Å²) in [6.45, 7) is 0.997. The first kappa shape index (κ1) is 12.4. The molecule has 1 aromatic heterocycles. The molecule has 1 aromatic rings. The van der Waals surface area contributed by atoms with Gasteiger partial charge in [0.05, 0.1) is 19.3 Å². The Morgan fingerprint density at radius 2 is 2.35 bits per heavy atom. The van der Waals surface area contributed by atoms with Crippen LogP contribution in [0.3, 0.4) is 0 Å². The van der Waals surface area contributed by atoms with Gasteiger partial charge in [-0.3, -0.25) is 9.98 Å². The second kappa shape index (κ2) is 5.05. The van der Waals surface area contributed by atoms with Gasteiger partial charge < -0.3 is 0 Å². The molecule has 0 radical (unpaired) electrons. The van der Waals surface area contributed by atoms with Crippen molar-refractivity contribution in [2.75, 3.05) is 19.3 Å². The Balaban J connectivity index is 2.00. The predicted octanol–water partition coefficient (Wildman–Crippen LogP) is 0.946. The molecule has 0 unspecified atom stereocenters. The quantitative estimate of drug-likeness (QED) is 0.821. The number of hydrogen-bond donors (Lipinski definition) is 0. The summed E-state index contributed by atoms with van der Waals surface area (Å²) < 4.78 is 24.3. The zero-order valence-corrected chi connectivity index (χ0v) is 11.0. The van der Waals surface area contributed by atoms with Gasteiger partial charge in [0.2, 0.25) is 10.0 Å². The molecule has 0 N–H and O–H groups in total. The van der Waals surface area contributed by atoms with E-state index in [2.05, 4.69) is 9.98 Å². The minimum Gasteiger partial charge on any atom is -0.264 e. The van der Waals surface area contributed by atoms with Gasteiger partial charge in [-0.05, 0) is 11.6 Å². The monoisotopic (exact) mass is 271 g/mol. The van der Waals surface area contributed by atoms with E-state index in [9.17, 15) is 8.42 Å². The van der Waals surface area contributed by atoms with Crippen LogP contribution in [-0.4, -0.2) is 42.2 Å². The maximum Gasteiger partial charge on any atom is 0.233 e. The molecule has 1 aliphatic heterocycles. The summed E-state index contributed by atoms with van der Waals surface area (Å²) >= 11 is 1.43. The first-order valence-corrected chi connectivity index (χ1v) is 7.94. The molecule has 0 amide bonds. The Hall–Kier alpha value is -1.08. The highest BCUT2D eigenvalue weighted by Crippen LogP contribution is 2.20. The smallest absolute Gasteiger partial charge is 0.233 e. The zero-order valence-electron chi connectivity index (χ0n) is 9.41. The van der Waals surface area contributed by atoms with Crippen molar-refractivity contribution in [3.63, 3.8) is 0 Å². The minimum atomic E-state index is -3.19. The molecule has 17 heavy (non-hydrogen) atoms. The van der Waals surface area contributed by atoms with E-state index in [0.717, 1.165) is 5.56 Å². The predicted molar refractivity (Wildman–Crippen MR) is 69.4 cm³/mol. The van der Waals surface area contributed by atoms with Gasteiger partial charge in [0, 0.05) is 18.1 Å². The van der Waals surface area contributed by atoms with E-state index in [0.29, 0.717) is 24.0 Å². The Labute approximate surface area is 105 Å². The van der Waals surface area contributed by atoms with Crippen LogP contribution in [0.2, 0.25) is 0 Å². The zero-order chi connectivity index (χ0) is 12.3. The van der Waals surface area contributed by atoms with E-state index in [1.165, 1.54) is 22.3 Å². The topological polar surface area (TPSA) is 62.6 Å². The van der Waals surface area contributed by atoms with Crippen LogP contribution in [0.1, 0.15) is 5.56 Å². The van der Waals surface area contributed by atoms with Crippen molar-refractivity contribution in [3.8, 4) is 0 Å². The molecule has 0 aromatic carbocycles. The van der Waals surface area contributed by atoms with Gasteiger partial charge in [-0.25, -0.2) is 12.7 Å². The van der Waals surface area contributed by atoms with Crippen molar-refractivity contribution in [1.82, 2.24) is 9.29 Å². The Kier molecular flexibility index (Phi) is 3.68. The van der Waals surface area contributed by atoms with E-state index >= 15 is 0 Å². The Morgan fingerprint density at radius 1 is 1.53 bits per heavy atom. The first-order chi connectivity index (χ1) is 8.07. The fraction of sp³-hybridized carbons (Fsp3) is 0.400. The van der Waals surface area contributed by atoms with Crippen LogP contribution in [0.15, 0.2) is 29.5 Å². The van der Waals surface area contributed by atoms with Crippen molar-refractivity contribution in [1.29, 1.82) is 0 Å². The molecule has 5 nitrogen and oxygen atoms in total. The molecule has 2 rings (SSSR count). The number of pyridine rings is 1. The fourth-order valence-corrected chi connectivity index (χ4v) is 3.67. The van der Waals surface area contributed by atoms with Crippen molar-refractivity contribution < 1.29 is 8.42 Å². The van der Waals surface area contributed by atoms with Crippen LogP contribution in [0.5, 0.6) is 0 Å². The maximum atomic E-state index is 11.5. The molecule has 0 saturated heterocycles. The van der Waals surface area contributed by atoms with E-state index in [1.807, 2.05) is 12.1 Å². The van der Waals surface area contributed by atoms with Crippen molar-refractivity contribution in [3.05, 3.63) is 30.1 Å². The first-order valence-electron chi connectivity index (χ1n) is 5.11. The molecule has 0 aliphatic carbocycles. The highest BCUT2D eigenvalue weighted by Gasteiger charge is 2.25. The summed E-state index contributed by atoms with van der Waals surface area (Å²) in [5.74, 6) is 0.679. The van der Waals surface area contributed by atoms with E-state index in [4.69, 9.17) is 0 Å². The van der Waals surface area contributed by atoms with Gasteiger partial charge in [0.15, 0.2) is 5.17 Å². The maximum absolute atomic E-state index is 11.5. The van der Waals surface area contributed by atoms with Crippen LogP contribution in [0, 0.1) is 0 Å². The van der Waals surface area contributed by atoms with Crippen LogP contribution >= 0.6 is 11.8 Å². The van der Waals surface area contributed by atoms with Crippen molar-refractivity contribution in [2.45, 2.75) is 5.75 Å². The molecule has 0 saturated carbocycles. The summed E-state index contributed by atoms with van der Waals surface area (Å²) in [6, 6.07) is 3.82. The molecule has 7 heteroatoms. The highest BCUT2D eigenvalue weighted by atomic mass is 32.2. The molecular formula is C10H13N3O2S2. The standard InChI is InChI=1S/C10H13N3O2S2/c1-17(14,15)13-6-5-12-10(13)16-8-9-3-2-4-11-7-9/h2-4,7H,5-6,8H2,1H3. The Bertz CT molecular complexity index is 514. The molecule has 0 bridgehead atoms. The van der Waals surface area contributed by atoms with Crippen LogP contribution in [-0.2, 0) is 15.8 Å². The largest absolute Gasteiger partial charge is 0.264 e. The molecular weight excluding hydrogens is 258 g/mol. The van der Waals surface area contributed by atoms with Gasteiger partial charge in [0.25, 0.3) is 0 Å². The lowest BCUT2D eigenvalue weighted by Gasteiger charge is -2.16. The lowest BCUT2D eigenvalue weighted by atomic mass is 10.3. The van der Waals surface area contributed by atoms with Crippen LogP contribution in [0.25, 0.3) is 0 Å². The summed E-state index contributed by atoms with van der Waals surface area (Å²) in [5, 5.41) is 0.580. The number of aliphatic imine (C=N–C) groups is 1. The molecule has 92 valence electrons. The summed E-state index contributed by atoms with van der Waals surface area (Å²) in [4.78, 5) is 8.22. The average Bonchev–Trinajstić information content (AvgIpc) is 2.75. The molecule has 1 aliphatic rings. The number of sulfonamides is 1. The SMILES string of the molecule is CS(=O)(=O)N1CCN=C1SCc1cccnc1. The molecule has 0 spiro atoms. The molecule has 0 fully saturated rings. The fourth-order valence-electron chi connectivity index (χ4n) is 1.47. The third-order valence-electron chi connectivity index (χ3n) is 2.25. The van der Waals surface area contributed by atoms with Gasteiger partial charge in [-0.15, -0.1) is 0 Å². The summed E-state index contributed by atoms with van der Waals surface area (Å²) in [6.07, 6.45) is 4.69. The molecule has 0 atom stereocenters. The average molecular weight is 271 g/mol. The summed E-state index contributed by atoms with van der Waals surface area (Å²) in [5.41, 5.74) is 1.06. The minimum absolute atomic E-state index is 0.453. The van der Waals surface area contributed by atoms with Gasteiger partial charge >= 0.3 is 0 Å². The number of amidine groups is 1. The van der Waals surface area contributed by atoms with E-state index < -0.39 is 10.0 Å². The number of nitrogens with zero attached hydrogens (tertiary/aromatic N) is 3. The van der Waals surface area contributed by atoms with Gasteiger partial charge in [-0.2, -0.15) is 0 Å². The van der Waals surface area contributed by atoms with Crippen molar-refractivity contribution >= 4 is 27.0 Å². The number of thioether (sulfide) groups is 1. The number of hydrogen-bond acceptors (Lipinski definition) is 5. The van der Waals surface area contributed by atoms with Gasteiger partial charge in [0.1, 0.15) is 0 Å². The van der Waals surface area contributed by atoms with Gasteiger partial charge in [-0.1, -0.05) is 17.8 Å². The lowest BCUT2D eigenvalue weighted by Crippen LogP contribution is -2.31.